The van der Waals surface area contributed by atoms with Gasteiger partial charge in [-0.25, -0.2) is 23.2 Å². The average molecular weight is 586 g/mol. The van der Waals surface area contributed by atoms with Gasteiger partial charge in [-0.15, -0.1) is 0 Å². The summed E-state index contributed by atoms with van der Waals surface area (Å²) in [5, 5.41) is 10.6. The lowest BCUT2D eigenvalue weighted by Crippen LogP contribution is -2.49. The smallest absolute Gasteiger partial charge is 0.324 e. The fraction of sp³-hybridized carbons (Fsp3) is 0.312. The van der Waals surface area contributed by atoms with Gasteiger partial charge in [0.2, 0.25) is 0 Å². The molecular formula is C32H33F2N7O2. The van der Waals surface area contributed by atoms with E-state index in [0.717, 1.165) is 53.3 Å². The molecule has 0 atom stereocenters. The van der Waals surface area contributed by atoms with Crippen molar-refractivity contribution in [1.82, 2.24) is 19.7 Å². The summed E-state index contributed by atoms with van der Waals surface area (Å²) in [5.74, 6) is -1.10. The van der Waals surface area contributed by atoms with Crippen LogP contribution < -0.4 is 15.5 Å². The molecule has 43 heavy (non-hydrogen) atoms. The molecule has 2 aromatic carbocycles. The average Bonchev–Trinajstić information content (AvgIpc) is 3.59. The lowest BCUT2D eigenvalue weighted by atomic mass is 10.1. The zero-order chi connectivity index (χ0) is 30.3. The molecule has 0 unspecified atom stereocenters. The molecule has 1 saturated heterocycles. The first kappa shape index (κ1) is 28.3. The fourth-order valence-corrected chi connectivity index (χ4v) is 5.32. The van der Waals surface area contributed by atoms with Crippen molar-refractivity contribution in [3.05, 3.63) is 94.8 Å². The van der Waals surface area contributed by atoms with Crippen molar-refractivity contribution in [2.75, 3.05) is 41.7 Å². The second kappa shape index (κ2) is 11.1. The highest BCUT2D eigenvalue weighted by Crippen LogP contribution is 2.47. The second-order valence-corrected chi connectivity index (χ2v) is 11.5. The Kier molecular flexibility index (Phi) is 7.33. The van der Waals surface area contributed by atoms with Crippen LogP contribution in [0.2, 0.25) is 0 Å². The zero-order valence-corrected chi connectivity index (χ0v) is 24.3. The largest absolute Gasteiger partial charge is 0.353 e. The van der Waals surface area contributed by atoms with Crippen molar-refractivity contribution in [1.29, 1.82) is 0 Å². The first-order valence-corrected chi connectivity index (χ1v) is 14.3. The Hall–Kier alpha value is -4.80. The van der Waals surface area contributed by atoms with Gasteiger partial charge in [-0.3, -0.25) is 10.1 Å². The zero-order valence-electron chi connectivity index (χ0n) is 24.3. The highest BCUT2D eigenvalue weighted by Gasteiger charge is 2.42. The van der Waals surface area contributed by atoms with E-state index >= 15 is 0 Å². The molecule has 1 aliphatic carbocycles. The Morgan fingerprint density at radius 3 is 2.21 bits per heavy atom. The van der Waals surface area contributed by atoms with Gasteiger partial charge in [0.1, 0.15) is 28.8 Å². The molecule has 6 rings (SSSR count). The number of halogens is 2. The Bertz CT molecular complexity index is 1670. The monoisotopic (exact) mass is 585 g/mol. The van der Waals surface area contributed by atoms with Crippen LogP contribution in [0, 0.1) is 25.5 Å². The predicted molar refractivity (Wildman–Crippen MR) is 161 cm³/mol. The van der Waals surface area contributed by atoms with Crippen molar-refractivity contribution >= 4 is 29.3 Å². The van der Waals surface area contributed by atoms with Crippen molar-refractivity contribution < 1.29 is 18.4 Å². The number of carbonyl (C=O) groups is 2. The molecule has 1 aliphatic heterocycles. The Morgan fingerprint density at radius 2 is 1.58 bits per heavy atom. The number of hydrogen-bond acceptors (Lipinski definition) is 5. The van der Waals surface area contributed by atoms with Crippen molar-refractivity contribution in [2.45, 2.75) is 39.0 Å². The lowest BCUT2D eigenvalue weighted by Gasteiger charge is -2.36. The van der Waals surface area contributed by atoms with Crippen molar-refractivity contribution in [3.8, 4) is 5.69 Å². The van der Waals surface area contributed by atoms with Crippen molar-refractivity contribution in [3.63, 3.8) is 0 Å². The molecule has 2 N–H and O–H groups in total. The number of aryl methyl sites for hydroxylation is 2. The van der Waals surface area contributed by atoms with Gasteiger partial charge in [-0.05, 0) is 62.6 Å². The van der Waals surface area contributed by atoms with E-state index in [1.54, 1.807) is 10.9 Å². The third-order valence-corrected chi connectivity index (χ3v) is 8.20. The number of amides is 3. The minimum Gasteiger partial charge on any atom is -0.353 e. The third-order valence-electron chi connectivity index (χ3n) is 8.20. The van der Waals surface area contributed by atoms with Crippen molar-refractivity contribution in [2.24, 2.45) is 0 Å². The number of rotatable bonds is 6. The Labute approximate surface area is 248 Å². The summed E-state index contributed by atoms with van der Waals surface area (Å²) < 4.78 is 30.0. The number of anilines is 3. The lowest BCUT2D eigenvalue weighted by molar-refractivity contribution is 0.0736. The number of benzene rings is 2. The molecule has 222 valence electrons. The number of nitrogens with zero attached hydrogens (tertiary/aromatic N) is 5. The van der Waals surface area contributed by atoms with Crippen LogP contribution in [-0.4, -0.2) is 57.8 Å². The van der Waals surface area contributed by atoms with Crippen LogP contribution in [-0.2, 0) is 5.41 Å². The first-order valence-electron chi connectivity index (χ1n) is 14.3. The van der Waals surface area contributed by atoms with E-state index in [1.807, 2.05) is 55.1 Å². The van der Waals surface area contributed by atoms with E-state index in [9.17, 15) is 18.4 Å². The van der Waals surface area contributed by atoms with Crippen LogP contribution in [0.25, 0.3) is 5.69 Å². The predicted octanol–water partition coefficient (Wildman–Crippen LogP) is 5.82. The maximum Gasteiger partial charge on any atom is 0.324 e. The summed E-state index contributed by atoms with van der Waals surface area (Å²) in [6, 6.07) is 14.7. The number of aromatic nitrogens is 3. The van der Waals surface area contributed by atoms with Gasteiger partial charge in [-0.1, -0.05) is 30.7 Å². The summed E-state index contributed by atoms with van der Waals surface area (Å²) in [4.78, 5) is 33.9. The molecule has 0 bridgehead atoms. The van der Waals surface area contributed by atoms with Gasteiger partial charge in [0, 0.05) is 37.7 Å². The molecule has 3 amide bonds. The molecule has 3 heterocycles. The first-order chi connectivity index (χ1) is 20.6. The van der Waals surface area contributed by atoms with Crippen LogP contribution in [0.4, 0.5) is 30.9 Å². The molecule has 2 aliphatic rings. The molecular weight excluding hydrogens is 552 g/mol. The normalized spacial score (nSPS) is 15.7. The second-order valence-electron chi connectivity index (χ2n) is 11.5. The summed E-state index contributed by atoms with van der Waals surface area (Å²) in [7, 11) is 0. The Balaban J connectivity index is 1.11. The minimum atomic E-state index is -0.866. The maximum absolute atomic E-state index is 14.1. The minimum absolute atomic E-state index is 0.0341. The highest BCUT2D eigenvalue weighted by molar-refractivity contribution is 5.99. The number of pyridine rings is 1. The summed E-state index contributed by atoms with van der Waals surface area (Å²) in [6.45, 7) is 7.59. The standard InChI is InChI=1S/C32H33F2N7O2/c1-20-7-9-23(10-8-20)41-27(18-26(38-41)32(3)11-12-32)37-31(43)36-22-17-21(2)29(35-19-22)39-13-15-40(16-14-39)30(42)28-24(33)5-4-6-25(28)34/h4-10,17-19H,11-16H2,1-3H3,(H2,36,37,43). The van der Waals surface area contributed by atoms with Crippen LogP contribution in [0.3, 0.4) is 0 Å². The molecule has 2 fully saturated rings. The topological polar surface area (TPSA) is 95.4 Å². The molecule has 0 spiro atoms. The number of urea groups is 1. The third kappa shape index (κ3) is 5.79. The van der Waals surface area contributed by atoms with Gasteiger partial charge in [0.05, 0.1) is 23.3 Å². The maximum atomic E-state index is 14.1. The van der Waals surface area contributed by atoms with E-state index in [2.05, 4.69) is 22.5 Å². The molecule has 11 heteroatoms. The van der Waals surface area contributed by atoms with E-state index in [0.29, 0.717) is 37.7 Å². The summed E-state index contributed by atoms with van der Waals surface area (Å²) in [5.41, 5.74) is 3.82. The molecule has 2 aromatic heterocycles. The summed E-state index contributed by atoms with van der Waals surface area (Å²) >= 11 is 0. The van der Waals surface area contributed by atoms with E-state index < -0.39 is 29.1 Å². The SMILES string of the molecule is Cc1ccc(-n2nc(C3(C)CC3)cc2NC(=O)Nc2cnc(N3CCN(C(=O)c4c(F)cccc4F)CC3)c(C)c2)cc1. The van der Waals surface area contributed by atoms with E-state index in [-0.39, 0.29) is 5.41 Å². The number of hydrogen-bond donors (Lipinski definition) is 2. The molecule has 0 radical (unpaired) electrons. The van der Waals surface area contributed by atoms with Crippen LogP contribution >= 0.6 is 0 Å². The van der Waals surface area contributed by atoms with Gasteiger partial charge in [-0.2, -0.15) is 5.10 Å². The van der Waals surface area contributed by atoms with Gasteiger partial charge in [0.25, 0.3) is 5.91 Å². The summed E-state index contributed by atoms with van der Waals surface area (Å²) in [6.07, 6.45) is 3.72. The van der Waals surface area contributed by atoms with E-state index in [1.165, 1.54) is 11.0 Å². The molecule has 9 nitrogen and oxygen atoms in total. The van der Waals surface area contributed by atoms with Gasteiger partial charge >= 0.3 is 6.03 Å². The fourth-order valence-electron chi connectivity index (χ4n) is 5.32. The highest BCUT2D eigenvalue weighted by atomic mass is 19.1. The molecule has 1 saturated carbocycles. The Morgan fingerprint density at radius 1 is 0.907 bits per heavy atom. The van der Waals surface area contributed by atoms with Gasteiger partial charge in [0.15, 0.2) is 0 Å². The van der Waals surface area contributed by atoms with E-state index in [4.69, 9.17) is 5.10 Å². The van der Waals surface area contributed by atoms with Gasteiger partial charge < -0.3 is 15.1 Å². The molecule has 4 aromatic rings. The van der Waals surface area contributed by atoms with Crippen LogP contribution in [0.5, 0.6) is 0 Å². The van der Waals surface area contributed by atoms with Crippen LogP contribution in [0.15, 0.2) is 60.8 Å². The quantitative estimate of drug-likeness (QED) is 0.297. The number of nitrogens with one attached hydrogen (secondary N) is 2. The van der Waals surface area contributed by atoms with Crippen LogP contribution in [0.1, 0.15) is 46.9 Å². The number of piperazine rings is 1. The number of carbonyl (C=O) groups excluding carboxylic acids is 2.